The molecule has 8 nitrogen and oxygen atoms in total. The number of carboxylic acids is 1. The number of nitrogens with one attached hydrogen (secondary N) is 3. The normalized spacial score (nSPS) is 20.8. The minimum Gasteiger partial charge on any atom is -0.497 e. The van der Waals surface area contributed by atoms with Gasteiger partial charge in [0.25, 0.3) is 0 Å². The number of hydrogen-bond acceptors (Lipinski definition) is 5. The number of carbonyl (C=O) groups excluding carboxylic acids is 1. The number of aliphatic carboxylic acids is 1. The van der Waals surface area contributed by atoms with Gasteiger partial charge in [-0.3, -0.25) is 9.89 Å². The third kappa shape index (κ3) is 4.26. The molecule has 0 bridgehead atoms. The lowest BCUT2D eigenvalue weighted by molar-refractivity contribution is -0.192. The fourth-order valence-electron chi connectivity index (χ4n) is 5.80. The summed E-state index contributed by atoms with van der Waals surface area (Å²) in [5, 5.41) is 22.6. The number of ether oxygens (including phenoxy) is 1. The molecular weight excluding hydrogens is 525 g/mol. The molecule has 2 atom stereocenters. The Morgan fingerprint density at radius 3 is 2.65 bits per heavy atom. The van der Waals surface area contributed by atoms with Crippen LogP contribution in [0.2, 0.25) is 0 Å². The third-order valence-electron chi connectivity index (χ3n) is 7.92. The van der Waals surface area contributed by atoms with Gasteiger partial charge in [0.2, 0.25) is 5.91 Å². The quantitative estimate of drug-likeness (QED) is 0.289. The van der Waals surface area contributed by atoms with Crippen molar-refractivity contribution < 1.29 is 32.6 Å². The second-order valence-corrected chi connectivity index (χ2v) is 10.2. The molecule has 40 heavy (non-hydrogen) atoms. The molecule has 1 spiro atoms. The van der Waals surface area contributed by atoms with Crippen molar-refractivity contribution in [2.24, 2.45) is 0 Å². The summed E-state index contributed by atoms with van der Waals surface area (Å²) >= 11 is 0. The van der Waals surface area contributed by atoms with Crippen LogP contribution in [-0.2, 0) is 28.0 Å². The van der Waals surface area contributed by atoms with E-state index in [2.05, 4.69) is 57.2 Å². The first-order valence-corrected chi connectivity index (χ1v) is 12.7. The van der Waals surface area contributed by atoms with Crippen LogP contribution in [-0.4, -0.2) is 47.0 Å². The van der Waals surface area contributed by atoms with Gasteiger partial charge in [0, 0.05) is 29.1 Å². The zero-order chi connectivity index (χ0) is 28.2. The Labute approximate surface area is 226 Å². The fourth-order valence-corrected chi connectivity index (χ4v) is 5.80. The van der Waals surface area contributed by atoms with Gasteiger partial charge in [0.1, 0.15) is 5.75 Å². The van der Waals surface area contributed by atoms with Crippen LogP contribution in [0.15, 0.2) is 54.6 Å². The molecule has 1 aliphatic carbocycles. The highest BCUT2D eigenvalue weighted by atomic mass is 19.4. The monoisotopic (exact) mass is 550 g/mol. The number of alkyl halides is 3. The Morgan fingerprint density at radius 1 is 1.10 bits per heavy atom. The molecule has 1 aromatic heterocycles. The fraction of sp³-hybridized carbons (Fsp3) is 0.276. The molecule has 7 rings (SSSR count). The van der Waals surface area contributed by atoms with E-state index in [0.717, 1.165) is 70.7 Å². The molecule has 4 aromatic rings. The summed E-state index contributed by atoms with van der Waals surface area (Å²) in [5.41, 5.74) is 8.51. The zero-order valence-corrected chi connectivity index (χ0v) is 21.4. The molecule has 2 aliphatic heterocycles. The minimum atomic E-state index is -5.08. The number of hydrogen-bond donors (Lipinski definition) is 4. The summed E-state index contributed by atoms with van der Waals surface area (Å²) in [5.74, 6) is -1.74. The van der Waals surface area contributed by atoms with E-state index in [-0.39, 0.29) is 11.8 Å². The molecular formula is C29H25F3N4O4. The molecule has 3 heterocycles. The Kier molecular flexibility index (Phi) is 6.06. The van der Waals surface area contributed by atoms with Gasteiger partial charge in [0.15, 0.2) is 0 Å². The van der Waals surface area contributed by atoms with Gasteiger partial charge in [-0.05, 0) is 72.0 Å². The van der Waals surface area contributed by atoms with Gasteiger partial charge in [-0.2, -0.15) is 18.3 Å². The van der Waals surface area contributed by atoms with Gasteiger partial charge < -0.3 is 20.5 Å². The molecule has 0 radical (unpaired) electrons. The Bertz CT molecular complexity index is 1670. The summed E-state index contributed by atoms with van der Waals surface area (Å²) in [6, 6.07) is 19.0. The van der Waals surface area contributed by atoms with Gasteiger partial charge in [-0.25, -0.2) is 4.79 Å². The summed E-state index contributed by atoms with van der Waals surface area (Å²) in [6.45, 7) is 1.95. The number of amides is 1. The minimum absolute atomic E-state index is 0.0869. The Balaban J connectivity index is 0.000000370. The number of rotatable bonds is 3. The standard InChI is InChI=1S/C27H24N4O2.C2HF3O2/c1-33-19-5-7-23-21(12-19)27(26(32)29-23)13-22(27)16-4-6-20-24(11-16)30-31-25(20)17-3-2-15-8-9-28-14-18(15)10-17;3-2(4,5)1(6)7/h2-7,10-12,22,28H,8-9,13-14H2,1H3,(H,29,32)(H,30,31);(H,6,7)/t22?,27-;/m0./s1. The number of H-pyrrole nitrogens is 1. The maximum absolute atomic E-state index is 13.0. The predicted octanol–water partition coefficient (Wildman–Crippen LogP) is 4.89. The number of benzene rings is 3. The van der Waals surface area contributed by atoms with Gasteiger partial charge in [-0.1, -0.05) is 24.3 Å². The molecule has 11 heteroatoms. The number of carboxylic acid groups (broad SMARTS) is 1. The van der Waals surface area contributed by atoms with Crippen molar-refractivity contribution in [3.63, 3.8) is 0 Å². The molecule has 1 amide bonds. The molecule has 206 valence electrons. The number of anilines is 1. The van der Waals surface area contributed by atoms with Crippen molar-refractivity contribution in [2.75, 3.05) is 19.0 Å². The SMILES string of the molecule is COc1ccc2c(c1)[C@]1(CC1c1ccc3c(-c4ccc5c(c4)CNCC5)n[nH]c3c1)C(=O)N2.O=C(O)C(F)(F)F. The molecule has 1 fully saturated rings. The number of nitrogens with zero attached hydrogens (tertiary/aromatic N) is 1. The second kappa shape index (κ2) is 9.37. The van der Waals surface area contributed by atoms with E-state index in [4.69, 9.17) is 14.6 Å². The van der Waals surface area contributed by atoms with E-state index in [1.54, 1.807) is 7.11 Å². The van der Waals surface area contributed by atoms with Crippen molar-refractivity contribution in [2.45, 2.75) is 36.9 Å². The third-order valence-corrected chi connectivity index (χ3v) is 7.92. The average Bonchev–Trinajstić information content (AvgIpc) is 3.47. The van der Waals surface area contributed by atoms with E-state index >= 15 is 0 Å². The second-order valence-electron chi connectivity index (χ2n) is 10.2. The number of methoxy groups -OCH3 is 1. The average molecular weight is 551 g/mol. The molecule has 3 aliphatic rings. The predicted molar refractivity (Wildman–Crippen MR) is 141 cm³/mol. The van der Waals surface area contributed by atoms with E-state index < -0.39 is 17.6 Å². The molecule has 0 saturated heterocycles. The first-order valence-electron chi connectivity index (χ1n) is 12.7. The maximum atomic E-state index is 13.0. The van der Waals surface area contributed by atoms with Crippen LogP contribution in [0.3, 0.4) is 0 Å². The van der Waals surface area contributed by atoms with E-state index in [1.165, 1.54) is 11.1 Å². The van der Waals surface area contributed by atoms with Gasteiger partial charge >= 0.3 is 12.1 Å². The number of aromatic amines is 1. The smallest absolute Gasteiger partial charge is 0.490 e. The largest absolute Gasteiger partial charge is 0.497 e. The highest BCUT2D eigenvalue weighted by Crippen LogP contribution is 2.65. The van der Waals surface area contributed by atoms with Gasteiger partial charge in [0.05, 0.1) is 23.7 Å². The molecule has 1 saturated carbocycles. The number of fused-ring (bicyclic) bond motifs is 4. The number of halogens is 3. The van der Waals surface area contributed by atoms with E-state index in [0.29, 0.717) is 0 Å². The van der Waals surface area contributed by atoms with Gasteiger partial charge in [-0.15, -0.1) is 0 Å². The van der Waals surface area contributed by atoms with Crippen LogP contribution in [0.25, 0.3) is 22.2 Å². The lowest BCUT2D eigenvalue weighted by Gasteiger charge is -2.17. The van der Waals surface area contributed by atoms with Crippen molar-refractivity contribution in [1.29, 1.82) is 0 Å². The van der Waals surface area contributed by atoms with Crippen LogP contribution >= 0.6 is 0 Å². The van der Waals surface area contributed by atoms with Crippen molar-refractivity contribution in [3.8, 4) is 17.0 Å². The highest BCUT2D eigenvalue weighted by Gasteiger charge is 2.65. The summed E-state index contributed by atoms with van der Waals surface area (Å²) in [7, 11) is 1.66. The lowest BCUT2D eigenvalue weighted by Crippen LogP contribution is -2.23. The van der Waals surface area contributed by atoms with Crippen LogP contribution in [0, 0.1) is 0 Å². The topological polar surface area (TPSA) is 116 Å². The first-order chi connectivity index (χ1) is 19.1. The summed E-state index contributed by atoms with van der Waals surface area (Å²) in [6.07, 6.45) is -3.20. The van der Waals surface area contributed by atoms with E-state index in [1.807, 2.05) is 18.2 Å². The Hall–Kier alpha value is -4.38. The van der Waals surface area contributed by atoms with Crippen LogP contribution in [0.1, 0.15) is 34.6 Å². The number of aromatic nitrogens is 2. The summed E-state index contributed by atoms with van der Waals surface area (Å²) in [4.78, 5) is 21.9. The molecule has 4 N–H and O–H groups in total. The molecule has 1 unspecified atom stereocenters. The van der Waals surface area contributed by atoms with Crippen LogP contribution in [0.5, 0.6) is 5.75 Å². The Morgan fingerprint density at radius 2 is 1.90 bits per heavy atom. The maximum Gasteiger partial charge on any atom is 0.490 e. The lowest BCUT2D eigenvalue weighted by atomic mass is 9.91. The highest BCUT2D eigenvalue weighted by molar-refractivity contribution is 6.10. The first kappa shape index (κ1) is 25.9. The van der Waals surface area contributed by atoms with Crippen molar-refractivity contribution in [1.82, 2.24) is 15.5 Å². The van der Waals surface area contributed by atoms with E-state index in [9.17, 15) is 18.0 Å². The van der Waals surface area contributed by atoms with Crippen LogP contribution < -0.4 is 15.4 Å². The van der Waals surface area contributed by atoms with Crippen molar-refractivity contribution >= 4 is 28.5 Å². The molecule has 3 aromatic carbocycles. The van der Waals surface area contributed by atoms with Crippen LogP contribution in [0.4, 0.5) is 18.9 Å². The number of carbonyl (C=O) groups is 2. The van der Waals surface area contributed by atoms with Crippen molar-refractivity contribution in [3.05, 3.63) is 76.9 Å². The zero-order valence-electron chi connectivity index (χ0n) is 21.4. The summed E-state index contributed by atoms with van der Waals surface area (Å²) < 4.78 is 37.2.